The van der Waals surface area contributed by atoms with Gasteiger partial charge in [-0.15, -0.1) is 0 Å². The van der Waals surface area contributed by atoms with Crippen molar-refractivity contribution < 1.29 is 0 Å². The molecule has 0 aromatic heterocycles. The van der Waals surface area contributed by atoms with Gasteiger partial charge in [-0.2, -0.15) is 0 Å². The van der Waals surface area contributed by atoms with Crippen molar-refractivity contribution in [3.63, 3.8) is 0 Å². The lowest BCUT2D eigenvalue weighted by Crippen LogP contribution is -1.92. The summed E-state index contributed by atoms with van der Waals surface area (Å²) >= 11 is 0. The molecule has 0 heteroatoms. The molecule has 1 aromatic rings. The van der Waals surface area contributed by atoms with Gasteiger partial charge >= 0.3 is 0 Å². The molecule has 20 heavy (non-hydrogen) atoms. The van der Waals surface area contributed by atoms with E-state index in [-0.39, 0.29) is 0 Å². The predicted molar refractivity (Wildman–Crippen MR) is 94.3 cm³/mol. The lowest BCUT2D eigenvalue weighted by molar-refractivity contribution is 0.602. The van der Waals surface area contributed by atoms with Crippen molar-refractivity contribution in [1.29, 1.82) is 0 Å². The van der Waals surface area contributed by atoms with E-state index in [4.69, 9.17) is 0 Å². The highest BCUT2D eigenvalue weighted by atomic mass is 14.3. The zero-order valence-corrected chi connectivity index (χ0v) is 14.8. The molecule has 0 unspecified atom stereocenters. The Kier molecular flexibility index (Phi) is 10.2. The number of aryl methyl sites for hydroxylation is 1. The van der Waals surface area contributed by atoms with Crippen LogP contribution >= 0.6 is 0 Å². The molecule has 2 aliphatic rings. The summed E-state index contributed by atoms with van der Waals surface area (Å²) in [5, 5.41) is 0. The van der Waals surface area contributed by atoms with Crippen LogP contribution in [0.5, 0.6) is 0 Å². The molecule has 0 N–H and O–H groups in total. The Balaban J connectivity index is 0.000000538. The Hall–Kier alpha value is -1.04. The first-order chi connectivity index (χ1) is 9.86. The van der Waals surface area contributed by atoms with E-state index < -0.39 is 0 Å². The van der Waals surface area contributed by atoms with Gasteiger partial charge < -0.3 is 0 Å². The summed E-state index contributed by atoms with van der Waals surface area (Å²) < 4.78 is 0. The number of hydrogen-bond acceptors (Lipinski definition) is 0. The van der Waals surface area contributed by atoms with Gasteiger partial charge in [0.25, 0.3) is 0 Å². The number of benzene rings is 1. The zero-order valence-electron chi connectivity index (χ0n) is 14.8. The largest absolute Gasteiger partial charge is 0.0683 e. The first-order valence-electron chi connectivity index (χ1n) is 8.70. The monoisotopic (exact) mass is 274 g/mol. The van der Waals surface area contributed by atoms with Crippen LogP contribution in [0.3, 0.4) is 0 Å². The van der Waals surface area contributed by atoms with Crippen molar-refractivity contribution in [2.24, 2.45) is 0 Å². The molecule has 0 heterocycles. The van der Waals surface area contributed by atoms with Crippen molar-refractivity contribution in [3.8, 4) is 0 Å². The van der Waals surface area contributed by atoms with Crippen LogP contribution in [0.4, 0.5) is 0 Å². The molecular formula is C20H34. The lowest BCUT2D eigenvalue weighted by atomic mass is 9.93. The molecule has 1 fully saturated rings. The molecule has 1 saturated carbocycles. The van der Waals surface area contributed by atoms with E-state index in [0.29, 0.717) is 0 Å². The maximum atomic E-state index is 2.34. The van der Waals surface area contributed by atoms with Crippen LogP contribution in [0.2, 0.25) is 0 Å². The van der Waals surface area contributed by atoms with E-state index in [9.17, 15) is 0 Å². The van der Waals surface area contributed by atoms with E-state index in [2.05, 4.69) is 25.1 Å². The van der Waals surface area contributed by atoms with Crippen molar-refractivity contribution in [2.45, 2.75) is 80.6 Å². The Labute approximate surface area is 127 Å². The summed E-state index contributed by atoms with van der Waals surface area (Å²) in [5.74, 6) is 0. The Morgan fingerprint density at radius 2 is 1.25 bits per heavy atom. The van der Waals surface area contributed by atoms with Crippen molar-refractivity contribution >= 4 is 5.57 Å². The van der Waals surface area contributed by atoms with Gasteiger partial charge in [-0.25, -0.2) is 0 Å². The van der Waals surface area contributed by atoms with Gasteiger partial charge in [-0.05, 0) is 49.3 Å². The van der Waals surface area contributed by atoms with E-state index in [1.807, 2.05) is 41.5 Å². The van der Waals surface area contributed by atoms with E-state index in [1.165, 1.54) is 43.2 Å². The third kappa shape index (κ3) is 4.81. The smallest absolute Gasteiger partial charge is 0.00968 e. The van der Waals surface area contributed by atoms with Crippen LogP contribution in [0.1, 0.15) is 90.3 Å². The molecular weight excluding hydrogens is 240 g/mol. The maximum absolute atomic E-state index is 2.34. The molecule has 114 valence electrons. The molecule has 0 bridgehead atoms. The van der Waals surface area contributed by atoms with Crippen LogP contribution in [0.15, 0.2) is 23.8 Å². The Morgan fingerprint density at radius 1 is 0.700 bits per heavy atom. The topological polar surface area (TPSA) is 0 Å². The van der Waals surface area contributed by atoms with Gasteiger partial charge in [0.2, 0.25) is 0 Å². The summed E-state index contributed by atoms with van der Waals surface area (Å²) in [7, 11) is 0. The number of allylic oxidation sites excluding steroid dienone is 1. The first kappa shape index (κ1) is 19.0. The van der Waals surface area contributed by atoms with Gasteiger partial charge in [0, 0.05) is 0 Å². The molecule has 0 spiro atoms. The average molecular weight is 274 g/mol. The number of rotatable bonds is 0. The fraction of sp³-hybridized carbons (Fsp3) is 0.600. The second-order valence-electron chi connectivity index (χ2n) is 4.59. The minimum Gasteiger partial charge on any atom is -0.0683 e. The molecule has 1 aromatic carbocycles. The predicted octanol–water partition coefficient (Wildman–Crippen LogP) is 7.15. The van der Waals surface area contributed by atoms with Gasteiger partial charge in [-0.1, -0.05) is 77.3 Å². The Bertz CT molecular complexity index is 402. The fourth-order valence-corrected chi connectivity index (χ4v) is 2.64. The minimum atomic E-state index is 1.35. The van der Waals surface area contributed by atoms with Crippen LogP contribution in [0.25, 0.3) is 5.57 Å². The number of fused-ring (bicyclic) bond motifs is 1. The standard InChI is InChI=1S/C14H16.3C2H6/c1-10-7-8-12-13(9-10)14(12)11-5-3-2-4-6-11;3*1-2/h7-9H,2-6H2,1H3;3*1-2H3. The van der Waals surface area contributed by atoms with Crippen molar-refractivity contribution in [1.82, 2.24) is 0 Å². The molecule has 0 nitrogen and oxygen atoms in total. The Morgan fingerprint density at radius 3 is 1.75 bits per heavy atom. The first-order valence-corrected chi connectivity index (χ1v) is 8.70. The minimum absolute atomic E-state index is 1.35. The second-order valence-corrected chi connectivity index (χ2v) is 4.59. The molecule has 0 amide bonds. The average Bonchev–Trinajstić information content (AvgIpc) is 3.27. The highest BCUT2D eigenvalue weighted by molar-refractivity contribution is 6.02. The molecule has 0 atom stereocenters. The van der Waals surface area contributed by atoms with Crippen molar-refractivity contribution in [3.05, 3.63) is 40.5 Å². The van der Waals surface area contributed by atoms with Crippen LogP contribution in [0, 0.1) is 6.92 Å². The van der Waals surface area contributed by atoms with E-state index in [1.54, 1.807) is 16.7 Å². The molecule has 0 aliphatic heterocycles. The van der Waals surface area contributed by atoms with Crippen LogP contribution in [-0.4, -0.2) is 0 Å². The fourth-order valence-electron chi connectivity index (χ4n) is 2.64. The normalized spacial score (nSPS) is 14.6. The summed E-state index contributed by atoms with van der Waals surface area (Å²) in [6.45, 7) is 14.2. The van der Waals surface area contributed by atoms with Crippen molar-refractivity contribution in [2.75, 3.05) is 0 Å². The zero-order chi connectivity index (χ0) is 15.5. The van der Waals surface area contributed by atoms with Gasteiger partial charge in [0.1, 0.15) is 0 Å². The van der Waals surface area contributed by atoms with E-state index >= 15 is 0 Å². The molecule has 0 radical (unpaired) electrons. The van der Waals surface area contributed by atoms with Gasteiger partial charge in [-0.3, -0.25) is 0 Å². The quantitative estimate of drug-likeness (QED) is 0.478. The van der Waals surface area contributed by atoms with Gasteiger partial charge in [0.15, 0.2) is 0 Å². The summed E-state index contributed by atoms with van der Waals surface area (Å²) in [5.41, 5.74) is 7.83. The third-order valence-corrected chi connectivity index (χ3v) is 3.46. The third-order valence-electron chi connectivity index (χ3n) is 3.46. The highest BCUT2D eigenvalue weighted by Crippen LogP contribution is 2.48. The second kappa shape index (κ2) is 10.7. The molecule has 3 rings (SSSR count). The summed E-state index contributed by atoms with van der Waals surface area (Å²) in [6, 6.07) is 6.86. The number of hydrogen-bond donors (Lipinski definition) is 0. The van der Waals surface area contributed by atoms with Crippen LogP contribution < -0.4 is 0 Å². The summed E-state index contributed by atoms with van der Waals surface area (Å²) in [4.78, 5) is 0. The lowest BCUT2D eigenvalue weighted by Gasteiger charge is -2.12. The van der Waals surface area contributed by atoms with E-state index in [0.717, 1.165) is 0 Å². The SMILES string of the molecule is CC.CC.CC.Cc1ccc2c(c1)C2=C1CCCCC1. The van der Waals surface area contributed by atoms with Gasteiger partial charge in [0.05, 0.1) is 0 Å². The summed E-state index contributed by atoms with van der Waals surface area (Å²) in [6.07, 6.45) is 6.95. The maximum Gasteiger partial charge on any atom is -0.00968 e. The molecule has 2 aliphatic carbocycles. The van der Waals surface area contributed by atoms with Crippen LogP contribution in [-0.2, 0) is 0 Å². The molecule has 0 saturated heterocycles. The highest BCUT2D eigenvalue weighted by Gasteiger charge is 2.28.